The molecule has 28 heavy (non-hydrogen) atoms. The maximum Gasteiger partial charge on any atom is 0.290 e. The summed E-state index contributed by atoms with van der Waals surface area (Å²) in [5.41, 5.74) is 3.74. The van der Waals surface area contributed by atoms with Crippen LogP contribution >= 0.6 is 23.1 Å². The maximum absolute atomic E-state index is 12.4. The van der Waals surface area contributed by atoms with Crippen molar-refractivity contribution in [3.8, 4) is 10.6 Å². The van der Waals surface area contributed by atoms with E-state index < -0.39 is 0 Å². The van der Waals surface area contributed by atoms with E-state index in [4.69, 9.17) is 0 Å². The number of nitrogens with zero attached hydrogens (tertiary/aromatic N) is 3. The van der Waals surface area contributed by atoms with Gasteiger partial charge in [-0.1, -0.05) is 30.0 Å². The minimum atomic E-state index is -0.320. The largest absolute Gasteiger partial charge is 0.325 e. The SMILES string of the molecule is Cc1cccc(NC(=O)CSc2n[nH]c(=O)c3cc(-c4cccs4)nn23)c1C. The summed E-state index contributed by atoms with van der Waals surface area (Å²) in [4.78, 5) is 25.4. The molecule has 0 saturated heterocycles. The van der Waals surface area contributed by atoms with Crippen LogP contribution in [0.3, 0.4) is 0 Å². The summed E-state index contributed by atoms with van der Waals surface area (Å²) in [6.07, 6.45) is 0. The molecule has 0 unspecified atom stereocenters. The second-order valence-corrected chi connectivity index (χ2v) is 8.11. The number of nitrogens with one attached hydrogen (secondary N) is 2. The highest BCUT2D eigenvalue weighted by molar-refractivity contribution is 7.99. The number of hydrogen-bond acceptors (Lipinski definition) is 6. The maximum atomic E-state index is 12.4. The van der Waals surface area contributed by atoms with Gasteiger partial charge in [-0.25, -0.2) is 9.61 Å². The van der Waals surface area contributed by atoms with Gasteiger partial charge < -0.3 is 5.32 Å². The third-order valence-corrected chi connectivity index (χ3v) is 6.18. The Balaban J connectivity index is 1.55. The molecule has 3 aromatic heterocycles. The lowest BCUT2D eigenvalue weighted by molar-refractivity contribution is -0.113. The molecule has 0 bridgehead atoms. The number of rotatable bonds is 5. The Kier molecular flexibility index (Phi) is 5.01. The lowest BCUT2D eigenvalue weighted by Crippen LogP contribution is -2.17. The number of anilines is 1. The molecule has 0 aliphatic rings. The van der Waals surface area contributed by atoms with Gasteiger partial charge in [0.2, 0.25) is 11.1 Å². The molecule has 4 aromatic rings. The van der Waals surface area contributed by atoms with Crippen molar-refractivity contribution in [2.75, 3.05) is 11.1 Å². The minimum absolute atomic E-state index is 0.148. The van der Waals surface area contributed by atoms with E-state index in [0.717, 1.165) is 21.7 Å². The molecule has 1 amide bonds. The van der Waals surface area contributed by atoms with Crippen molar-refractivity contribution in [3.63, 3.8) is 0 Å². The van der Waals surface area contributed by atoms with Crippen LogP contribution in [-0.4, -0.2) is 31.5 Å². The molecule has 0 spiro atoms. The zero-order chi connectivity index (χ0) is 19.7. The van der Waals surface area contributed by atoms with Gasteiger partial charge in [0.15, 0.2) is 0 Å². The fraction of sp³-hybridized carbons (Fsp3) is 0.158. The van der Waals surface area contributed by atoms with Crippen molar-refractivity contribution >= 4 is 40.2 Å². The van der Waals surface area contributed by atoms with Crippen molar-refractivity contribution in [1.82, 2.24) is 19.8 Å². The molecule has 0 atom stereocenters. The van der Waals surface area contributed by atoms with E-state index in [1.165, 1.54) is 16.3 Å². The van der Waals surface area contributed by atoms with E-state index in [0.29, 0.717) is 16.4 Å². The molecule has 0 aliphatic heterocycles. The average Bonchev–Trinajstić information content (AvgIpc) is 3.35. The van der Waals surface area contributed by atoms with E-state index in [2.05, 4.69) is 20.6 Å². The summed E-state index contributed by atoms with van der Waals surface area (Å²) >= 11 is 2.76. The molecule has 3 heterocycles. The van der Waals surface area contributed by atoms with E-state index in [1.807, 2.05) is 49.6 Å². The number of H-pyrrole nitrogens is 1. The van der Waals surface area contributed by atoms with Gasteiger partial charge in [-0.15, -0.1) is 16.4 Å². The number of thioether (sulfide) groups is 1. The number of benzene rings is 1. The predicted molar refractivity (Wildman–Crippen MR) is 112 cm³/mol. The predicted octanol–water partition coefficient (Wildman–Crippen LogP) is 3.49. The van der Waals surface area contributed by atoms with Gasteiger partial charge in [-0.05, 0) is 48.6 Å². The first-order valence-electron chi connectivity index (χ1n) is 8.54. The number of aryl methyl sites for hydroxylation is 1. The smallest absolute Gasteiger partial charge is 0.290 e. The van der Waals surface area contributed by atoms with Crippen LogP contribution in [0, 0.1) is 13.8 Å². The highest BCUT2D eigenvalue weighted by Gasteiger charge is 2.14. The zero-order valence-corrected chi connectivity index (χ0v) is 16.9. The molecule has 0 aliphatic carbocycles. The molecule has 0 radical (unpaired) electrons. The molecule has 0 fully saturated rings. The van der Waals surface area contributed by atoms with Crippen molar-refractivity contribution in [1.29, 1.82) is 0 Å². The monoisotopic (exact) mass is 411 g/mol. The second-order valence-electron chi connectivity index (χ2n) is 6.22. The average molecular weight is 412 g/mol. The quantitative estimate of drug-likeness (QED) is 0.491. The van der Waals surface area contributed by atoms with Crippen molar-refractivity contribution in [2.24, 2.45) is 0 Å². The normalized spacial score (nSPS) is 11.1. The molecule has 1 aromatic carbocycles. The summed E-state index contributed by atoms with van der Waals surface area (Å²) < 4.78 is 1.49. The highest BCUT2D eigenvalue weighted by Crippen LogP contribution is 2.25. The number of carbonyl (C=O) groups is 1. The first kappa shape index (κ1) is 18.5. The van der Waals surface area contributed by atoms with Gasteiger partial charge in [0.25, 0.3) is 5.56 Å². The number of amides is 1. The van der Waals surface area contributed by atoms with Crippen LogP contribution in [0.25, 0.3) is 16.1 Å². The third-order valence-electron chi connectivity index (χ3n) is 4.36. The molecule has 0 saturated carbocycles. The molecular formula is C19H17N5O2S2. The Morgan fingerprint density at radius 2 is 2.14 bits per heavy atom. The summed E-state index contributed by atoms with van der Waals surface area (Å²) in [6.45, 7) is 3.98. The van der Waals surface area contributed by atoms with Gasteiger partial charge in [0.05, 0.1) is 10.6 Å². The van der Waals surface area contributed by atoms with Gasteiger partial charge in [0.1, 0.15) is 11.2 Å². The van der Waals surface area contributed by atoms with E-state index in [9.17, 15) is 9.59 Å². The van der Waals surface area contributed by atoms with E-state index in [1.54, 1.807) is 17.4 Å². The molecular weight excluding hydrogens is 394 g/mol. The van der Waals surface area contributed by atoms with Crippen LogP contribution < -0.4 is 10.9 Å². The molecule has 9 heteroatoms. The van der Waals surface area contributed by atoms with E-state index >= 15 is 0 Å². The Labute approximate surface area is 168 Å². The van der Waals surface area contributed by atoms with Gasteiger partial charge in [-0.3, -0.25) is 9.59 Å². The van der Waals surface area contributed by atoms with Gasteiger partial charge in [0, 0.05) is 5.69 Å². The van der Waals surface area contributed by atoms with Crippen LogP contribution in [0.1, 0.15) is 11.1 Å². The topological polar surface area (TPSA) is 92.1 Å². The van der Waals surface area contributed by atoms with Crippen LogP contribution in [0.5, 0.6) is 0 Å². The number of hydrogen-bond donors (Lipinski definition) is 2. The molecule has 2 N–H and O–H groups in total. The highest BCUT2D eigenvalue weighted by atomic mass is 32.2. The van der Waals surface area contributed by atoms with Crippen molar-refractivity contribution in [3.05, 3.63) is 63.3 Å². The van der Waals surface area contributed by atoms with Gasteiger partial charge in [-0.2, -0.15) is 5.10 Å². The fourth-order valence-electron chi connectivity index (χ4n) is 2.73. The first-order chi connectivity index (χ1) is 13.5. The van der Waals surface area contributed by atoms with Crippen molar-refractivity contribution < 1.29 is 4.79 Å². The van der Waals surface area contributed by atoms with Crippen LogP contribution in [0.2, 0.25) is 0 Å². The second kappa shape index (κ2) is 7.61. The Morgan fingerprint density at radius 3 is 2.93 bits per heavy atom. The van der Waals surface area contributed by atoms with Crippen LogP contribution in [0.4, 0.5) is 5.69 Å². The zero-order valence-electron chi connectivity index (χ0n) is 15.2. The lowest BCUT2D eigenvalue weighted by atomic mass is 10.1. The fourth-order valence-corrected chi connectivity index (χ4v) is 4.12. The number of carbonyl (C=O) groups excluding carboxylic acids is 1. The van der Waals surface area contributed by atoms with Crippen molar-refractivity contribution in [2.45, 2.75) is 19.0 Å². The number of aromatic amines is 1. The standard InChI is InChI=1S/C19H17N5O2S2/c1-11-5-3-6-13(12(11)2)20-17(25)10-28-19-22-21-18(26)15-9-14(23-24(15)19)16-7-4-8-27-16/h3-9H,10H2,1-2H3,(H,20,25)(H,21,26). The van der Waals surface area contributed by atoms with Gasteiger partial charge >= 0.3 is 0 Å². The van der Waals surface area contributed by atoms with E-state index in [-0.39, 0.29) is 17.2 Å². The molecule has 142 valence electrons. The number of fused-ring (bicyclic) bond motifs is 1. The number of thiophene rings is 1. The summed E-state index contributed by atoms with van der Waals surface area (Å²) in [7, 11) is 0. The Hall–Kier alpha value is -2.91. The number of aromatic nitrogens is 4. The molecule has 7 nitrogen and oxygen atoms in total. The lowest BCUT2D eigenvalue weighted by Gasteiger charge is -2.10. The third kappa shape index (κ3) is 3.58. The Morgan fingerprint density at radius 1 is 1.29 bits per heavy atom. The summed E-state index contributed by atoms with van der Waals surface area (Å²) in [5, 5.41) is 16.4. The molecule has 4 rings (SSSR count). The van der Waals surface area contributed by atoms with Crippen LogP contribution in [0.15, 0.2) is 51.7 Å². The first-order valence-corrected chi connectivity index (χ1v) is 10.4. The summed E-state index contributed by atoms with van der Waals surface area (Å²) in [6, 6.07) is 11.4. The van der Waals surface area contributed by atoms with Crippen LogP contribution in [-0.2, 0) is 4.79 Å². The Bertz CT molecular complexity index is 1210. The minimum Gasteiger partial charge on any atom is -0.325 e. The summed E-state index contributed by atoms with van der Waals surface area (Å²) in [5.74, 6) is 0.000835.